The number of primary amides is 1. The van der Waals surface area contributed by atoms with Crippen LogP contribution in [-0.2, 0) is 4.79 Å². The van der Waals surface area contributed by atoms with Crippen molar-refractivity contribution in [2.24, 2.45) is 5.73 Å². The number of nitrogen functional groups attached to an aromatic ring is 1. The number of hydrogen-bond acceptors (Lipinski definition) is 3. The molecule has 4 nitrogen and oxygen atoms in total. The Hall–Kier alpha value is -1.05. The first kappa shape index (κ1) is 14.4. The Morgan fingerprint density at radius 2 is 2.05 bits per heavy atom. The van der Waals surface area contributed by atoms with Gasteiger partial charge in [0.1, 0.15) is 5.82 Å². The van der Waals surface area contributed by atoms with Crippen molar-refractivity contribution in [3.05, 3.63) is 21.5 Å². The molecule has 0 atom stereocenters. The number of carbonyl (C=O) groups is 1. The van der Waals surface area contributed by atoms with Crippen LogP contribution in [0, 0.1) is 9.39 Å². The van der Waals surface area contributed by atoms with Crippen molar-refractivity contribution in [2.45, 2.75) is 31.7 Å². The number of anilines is 2. The third kappa shape index (κ3) is 3.29. The topological polar surface area (TPSA) is 72.4 Å². The predicted molar refractivity (Wildman–Crippen MR) is 82.3 cm³/mol. The van der Waals surface area contributed by atoms with Gasteiger partial charge in [-0.3, -0.25) is 4.79 Å². The van der Waals surface area contributed by atoms with Gasteiger partial charge in [0.05, 0.1) is 21.5 Å². The van der Waals surface area contributed by atoms with Crippen molar-refractivity contribution < 1.29 is 9.18 Å². The second-order valence-electron chi connectivity index (χ2n) is 4.86. The number of amides is 1. The zero-order valence-electron chi connectivity index (χ0n) is 10.5. The van der Waals surface area contributed by atoms with E-state index >= 15 is 0 Å². The lowest BCUT2D eigenvalue weighted by molar-refractivity contribution is -0.116. The summed E-state index contributed by atoms with van der Waals surface area (Å²) >= 11 is 1.90. The standard InChI is InChI=1S/C13H17FIN3O/c14-9-5-12(11(16)6-10(9)15)18(7-13(17)19)8-3-1-2-4-8/h5-6,8H,1-4,7,16H2,(H2,17,19). The molecule has 6 heteroatoms. The SMILES string of the molecule is NC(=O)CN(c1cc(F)c(I)cc1N)C1CCCC1. The molecule has 1 aromatic carbocycles. The highest BCUT2D eigenvalue weighted by atomic mass is 127. The van der Waals surface area contributed by atoms with E-state index in [1.165, 1.54) is 6.07 Å². The van der Waals surface area contributed by atoms with Crippen LogP contribution in [0.15, 0.2) is 12.1 Å². The van der Waals surface area contributed by atoms with E-state index in [-0.39, 0.29) is 18.4 Å². The second-order valence-corrected chi connectivity index (χ2v) is 6.02. The molecule has 0 bridgehead atoms. The van der Waals surface area contributed by atoms with E-state index in [4.69, 9.17) is 11.5 Å². The van der Waals surface area contributed by atoms with Crippen LogP contribution < -0.4 is 16.4 Å². The Bertz CT molecular complexity index is 489. The van der Waals surface area contributed by atoms with Gasteiger partial charge in [0, 0.05) is 12.1 Å². The Balaban J connectivity index is 2.36. The molecule has 104 valence electrons. The first-order valence-corrected chi connectivity index (χ1v) is 7.36. The normalized spacial score (nSPS) is 15.7. The van der Waals surface area contributed by atoms with Gasteiger partial charge in [-0.15, -0.1) is 0 Å². The quantitative estimate of drug-likeness (QED) is 0.625. The fraction of sp³-hybridized carbons (Fsp3) is 0.462. The van der Waals surface area contributed by atoms with E-state index in [0.717, 1.165) is 25.7 Å². The van der Waals surface area contributed by atoms with Crippen LogP contribution >= 0.6 is 22.6 Å². The highest BCUT2D eigenvalue weighted by Gasteiger charge is 2.26. The van der Waals surface area contributed by atoms with Crippen molar-refractivity contribution >= 4 is 39.9 Å². The monoisotopic (exact) mass is 377 g/mol. The minimum atomic E-state index is -0.426. The van der Waals surface area contributed by atoms with E-state index in [1.54, 1.807) is 6.07 Å². The Morgan fingerprint density at radius 1 is 1.42 bits per heavy atom. The lowest BCUT2D eigenvalue weighted by Crippen LogP contribution is -2.40. The van der Waals surface area contributed by atoms with E-state index in [1.807, 2.05) is 27.5 Å². The molecule has 0 spiro atoms. The summed E-state index contributed by atoms with van der Waals surface area (Å²) in [7, 11) is 0. The van der Waals surface area contributed by atoms with Gasteiger partial charge in [-0.25, -0.2) is 4.39 Å². The molecule has 19 heavy (non-hydrogen) atoms. The molecule has 0 saturated heterocycles. The average molecular weight is 377 g/mol. The average Bonchev–Trinajstić information content (AvgIpc) is 2.84. The van der Waals surface area contributed by atoms with E-state index < -0.39 is 5.91 Å². The number of rotatable bonds is 4. The maximum absolute atomic E-state index is 13.7. The summed E-state index contributed by atoms with van der Waals surface area (Å²) < 4.78 is 14.2. The van der Waals surface area contributed by atoms with Crippen molar-refractivity contribution in [3.63, 3.8) is 0 Å². The molecule has 1 amide bonds. The van der Waals surface area contributed by atoms with Gasteiger partial charge >= 0.3 is 0 Å². The molecule has 1 aromatic rings. The first-order valence-electron chi connectivity index (χ1n) is 6.28. The molecule has 0 aromatic heterocycles. The minimum absolute atomic E-state index is 0.0783. The number of carbonyl (C=O) groups excluding carboxylic acids is 1. The van der Waals surface area contributed by atoms with E-state index in [9.17, 15) is 9.18 Å². The maximum atomic E-state index is 13.7. The number of nitrogens with two attached hydrogens (primary N) is 2. The van der Waals surface area contributed by atoms with Crippen molar-refractivity contribution in [2.75, 3.05) is 17.2 Å². The summed E-state index contributed by atoms with van der Waals surface area (Å²) in [6, 6.07) is 3.21. The van der Waals surface area contributed by atoms with E-state index in [2.05, 4.69) is 0 Å². The van der Waals surface area contributed by atoms with Gasteiger partial charge in [0.25, 0.3) is 0 Å². The van der Waals surface area contributed by atoms with E-state index in [0.29, 0.717) is 14.9 Å². The van der Waals surface area contributed by atoms with Gasteiger partial charge in [0.15, 0.2) is 0 Å². The van der Waals surface area contributed by atoms with Crippen LogP contribution in [0.25, 0.3) is 0 Å². The van der Waals surface area contributed by atoms with Crippen molar-refractivity contribution in [3.8, 4) is 0 Å². The molecule has 1 aliphatic carbocycles. The molecule has 0 unspecified atom stereocenters. The summed E-state index contributed by atoms with van der Waals surface area (Å²) in [5, 5.41) is 0. The van der Waals surface area contributed by atoms with Crippen LogP contribution in [0.4, 0.5) is 15.8 Å². The smallest absolute Gasteiger partial charge is 0.236 e. The molecule has 2 rings (SSSR count). The molecular formula is C13H17FIN3O. The highest BCUT2D eigenvalue weighted by Crippen LogP contribution is 2.33. The van der Waals surface area contributed by atoms with Crippen LogP contribution in [0.1, 0.15) is 25.7 Å². The van der Waals surface area contributed by atoms with Gasteiger partial charge < -0.3 is 16.4 Å². The number of benzene rings is 1. The number of hydrogen-bond donors (Lipinski definition) is 2. The third-order valence-electron chi connectivity index (χ3n) is 3.47. The Morgan fingerprint density at radius 3 is 2.63 bits per heavy atom. The first-order chi connectivity index (χ1) is 8.99. The van der Waals surface area contributed by atoms with Gasteiger partial charge in [-0.05, 0) is 41.5 Å². The van der Waals surface area contributed by atoms with Crippen LogP contribution in [0.2, 0.25) is 0 Å². The van der Waals surface area contributed by atoms with Crippen LogP contribution in [-0.4, -0.2) is 18.5 Å². The fourth-order valence-corrected chi connectivity index (χ4v) is 3.09. The summed E-state index contributed by atoms with van der Waals surface area (Å²) in [5.41, 5.74) is 12.3. The summed E-state index contributed by atoms with van der Waals surface area (Å²) in [5.74, 6) is -0.748. The minimum Gasteiger partial charge on any atom is -0.397 e. The molecule has 1 fully saturated rings. The second kappa shape index (κ2) is 5.94. The molecule has 0 radical (unpaired) electrons. The van der Waals surface area contributed by atoms with Gasteiger partial charge in [0.2, 0.25) is 5.91 Å². The zero-order chi connectivity index (χ0) is 14.0. The van der Waals surface area contributed by atoms with Gasteiger partial charge in [-0.2, -0.15) is 0 Å². The molecule has 0 heterocycles. The van der Waals surface area contributed by atoms with Crippen LogP contribution in [0.5, 0.6) is 0 Å². The maximum Gasteiger partial charge on any atom is 0.236 e. The Kier molecular flexibility index (Phi) is 4.49. The van der Waals surface area contributed by atoms with Gasteiger partial charge in [-0.1, -0.05) is 12.8 Å². The fourth-order valence-electron chi connectivity index (χ4n) is 2.60. The molecule has 0 aliphatic heterocycles. The Labute approximate surface area is 125 Å². The summed E-state index contributed by atoms with van der Waals surface area (Å²) in [6.45, 7) is 0.0783. The molecule has 1 aliphatic rings. The number of halogens is 2. The largest absolute Gasteiger partial charge is 0.397 e. The van der Waals surface area contributed by atoms with Crippen molar-refractivity contribution in [1.29, 1.82) is 0 Å². The zero-order valence-corrected chi connectivity index (χ0v) is 12.7. The predicted octanol–water partition coefficient (Wildman–Crippen LogP) is 2.25. The van der Waals surface area contributed by atoms with Crippen molar-refractivity contribution in [1.82, 2.24) is 0 Å². The van der Waals surface area contributed by atoms with Crippen LogP contribution in [0.3, 0.4) is 0 Å². The summed E-state index contributed by atoms with van der Waals surface area (Å²) in [4.78, 5) is 13.1. The highest BCUT2D eigenvalue weighted by molar-refractivity contribution is 14.1. The molecule has 4 N–H and O–H groups in total. The summed E-state index contributed by atoms with van der Waals surface area (Å²) in [6.07, 6.45) is 4.21. The lowest BCUT2D eigenvalue weighted by Gasteiger charge is -2.31. The lowest BCUT2D eigenvalue weighted by atomic mass is 10.1. The number of nitrogens with zero attached hydrogens (tertiary/aromatic N) is 1. The third-order valence-corrected chi connectivity index (χ3v) is 4.30. The molecular weight excluding hydrogens is 360 g/mol. The molecule has 1 saturated carbocycles.